The van der Waals surface area contributed by atoms with Crippen LogP contribution in [0.15, 0.2) is 35.2 Å². The van der Waals surface area contributed by atoms with Crippen LogP contribution in [-0.4, -0.2) is 18.2 Å². The highest BCUT2D eigenvalue weighted by Crippen LogP contribution is 2.19. The monoisotopic (exact) mass is 266 g/mol. The van der Waals surface area contributed by atoms with Gasteiger partial charge in [-0.3, -0.25) is 0 Å². The van der Waals surface area contributed by atoms with Crippen LogP contribution in [0.1, 0.15) is 11.3 Å². The van der Waals surface area contributed by atoms with E-state index in [0.29, 0.717) is 5.69 Å². The number of aromatic nitrogens is 2. The van der Waals surface area contributed by atoms with E-state index in [9.17, 15) is 8.42 Å². The SMILES string of the molecule is Cc1ccc(S(=O)(=O)Oc2cc(C)nn2C)cc1. The first kappa shape index (κ1) is 12.6. The Bertz CT molecular complexity index is 657. The summed E-state index contributed by atoms with van der Waals surface area (Å²) in [5.41, 5.74) is 1.69. The van der Waals surface area contributed by atoms with E-state index in [1.807, 2.05) is 6.92 Å². The van der Waals surface area contributed by atoms with E-state index in [0.717, 1.165) is 5.56 Å². The Morgan fingerprint density at radius 3 is 2.28 bits per heavy atom. The van der Waals surface area contributed by atoms with Gasteiger partial charge in [0.1, 0.15) is 4.90 Å². The van der Waals surface area contributed by atoms with Crippen LogP contribution >= 0.6 is 0 Å². The average Bonchev–Trinajstić information content (AvgIpc) is 2.57. The van der Waals surface area contributed by atoms with Crippen molar-refractivity contribution in [1.82, 2.24) is 9.78 Å². The number of hydrogen-bond donors (Lipinski definition) is 0. The Hall–Kier alpha value is -1.82. The zero-order valence-electron chi connectivity index (χ0n) is 10.4. The zero-order valence-corrected chi connectivity index (χ0v) is 11.2. The second-order valence-electron chi connectivity index (χ2n) is 4.10. The summed E-state index contributed by atoms with van der Waals surface area (Å²) >= 11 is 0. The fraction of sp³-hybridized carbons (Fsp3) is 0.250. The molecule has 5 nitrogen and oxygen atoms in total. The lowest BCUT2D eigenvalue weighted by atomic mass is 10.2. The molecule has 1 aromatic carbocycles. The number of rotatable bonds is 3. The Kier molecular flexibility index (Phi) is 3.13. The van der Waals surface area contributed by atoms with Crippen LogP contribution in [0.3, 0.4) is 0 Å². The largest absolute Gasteiger partial charge is 0.358 e. The molecule has 0 aliphatic heterocycles. The van der Waals surface area contributed by atoms with Gasteiger partial charge in [0.2, 0.25) is 5.88 Å². The standard InChI is InChI=1S/C12H14N2O3S/c1-9-4-6-11(7-5-9)18(15,16)17-12-8-10(2)13-14(12)3/h4-8H,1-3H3. The van der Waals surface area contributed by atoms with Crippen LogP contribution in [0.5, 0.6) is 5.88 Å². The molecule has 0 spiro atoms. The molecule has 0 saturated carbocycles. The molecule has 0 radical (unpaired) electrons. The number of nitrogens with zero attached hydrogens (tertiary/aromatic N) is 2. The van der Waals surface area contributed by atoms with E-state index in [1.54, 1.807) is 32.2 Å². The maximum Gasteiger partial charge on any atom is 0.340 e. The van der Waals surface area contributed by atoms with Gasteiger partial charge in [0.15, 0.2) is 0 Å². The number of benzene rings is 1. The van der Waals surface area contributed by atoms with Crippen LogP contribution < -0.4 is 4.18 Å². The van der Waals surface area contributed by atoms with Crippen molar-refractivity contribution in [3.05, 3.63) is 41.6 Å². The molecule has 1 aromatic heterocycles. The fourth-order valence-corrected chi connectivity index (χ4v) is 2.48. The predicted octanol–water partition coefficient (Wildman–Crippen LogP) is 1.80. The van der Waals surface area contributed by atoms with Gasteiger partial charge in [-0.1, -0.05) is 17.7 Å². The van der Waals surface area contributed by atoms with Crippen molar-refractivity contribution in [2.24, 2.45) is 7.05 Å². The van der Waals surface area contributed by atoms with Crippen molar-refractivity contribution >= 4 is 10.1 Å². The number of aryl methyl sites for hydroxylation is 3. The Morgan fingerprint density at radius 1 is 1.17 bits per heavy atom. The van der Waals surface area contributed by atoms with Crippen LogP contribution in [0, 0.1) is 13.8 Å². The molecule has 0 bridgehead atoms. The molecule has 2 aromatic rings. The summed E-state index contributed by atoms with van der Waals surface area (Å²) in [7, 11) is -2.17. The Labute approximate surface area is 106 Å². The van der Waals surface area contributed by atoms with Crippen LogP contribution in [-0.2, 0) is 17.2 Å². The molecule has 18 heavy (non-hydrogen) atoms. The van der Waals surface area contributed by atoms with E-state index >= 15 is 0 Å². The van der Waals surface area contributed by atoms with Gasteiger partial charge in [-0.15, -0.1) is 0 Å². The lowest BCUT2D eigenvalue weighted by Gasteiger charge is -2.06. The third kappa shape index (κ3) is 2.53. The van der Waals surface area contributed by atoms with Crippen molar-refractivity contribution in [1.29, 1.82) is 0 Å². The van der Waals surface area contributed by atoms with Gasteiger partial charge in [-0.2, -0.15) is 13.5 Å². The zero-order chi connectivity index (χ0) is 13.3. The molecular formula is C12H14N2O3S. The molecule has 2 rings (SSSR count). The first-order valence-electron chi connectivity index (χ1n) is 5.40. The lowest BCUT2D eigenvalue weighted by molar-refractivity contribution is 0.455. The molecule has 0 aliphatic rings. The van der Waals surface area contributed by atoms with Gasteiger partial charge < -0.3 is 4.18 Å². The Balaban J connectivity index is 2.33. The summed E-state index contributed by atoms with van der Waals surface area (Å²) in [4.78, 5) is 0.131. The molecule has 1 heterocycles. The van der Waals surface area contributed by atoms with Gasteiger partial charge >= 0.3 is 10.1 Å². The molecule has 0 unspecified atom stereocenters. The molecular weight excluding hydrogens is 252 g/mol. The maximum atomic E-state index is 12.0. The molecule has 0 fully saturated rings. The van der Waals surface area contributed by atoms with Crippen molar-refractivity contribution in [3.8, 4) is 5.88 Å². The molecule has 96 valence electrons. The molecule has 0 aliphatic carbocycles. The summed E-state index contributed by atoms with van der Waals surface area (Å²) in [5, 5.41) is 4.03. The smallest absolute Gasteiger partial charge is 0.340 e. The third-order valence-corrected chi connectivity index (χ3v) is 3.70. The summed E-state index contributed by atoms with van der Waals surface area (Å²) in [6.07, 6.45) is 0. The highest BCUT2D eigenvalue weighted by atomic mass is 32.2. The van der Waals surface area contributed by atoms with Gasteiger partial charge in [0.25, 0.3) is 0 Å². The highest BCUT2D eigenvalue weighted by molar-refractivity contribution is 7.87. The second kappa shape index (κ2) is 4.45. The maximum absolute atomic E-state index is 12.0. The predicted molar refractivity (Wildman–Crippen MR) is 66.9 cm³/mol. The minimum Gasteiger partial charge on any atom is -0.358 e. The third-order valence-electron chi connectivity index (χ3n) is 2.46. The van der Waals surface area contributed by atoms with E-state index in [4.69, 9.17) is 4.18 Å². The summed E-state index contributed by atoms with van der Waals surface area (Å²) in [6.45, 7) is 3.66. The van der Waals surface area contributed by atoms with Gasteiger partial charge in [-0.05, 0) is 26.0 Å². The summed E-state index contributed by atoms with van der Waals surface area (Å²) < 4.78 is 30.5. The second-order valence-corrected chi connectivity index (χ2v) is 5.64. The fourth-order valence-electron chi connectivity index (χ4n) is 1.53. The van der Waals surface area contributed by atoms with E-state index in [2.05, 4.69) is 5.10 Å². The summed E-state index contributed by atoms with van der Waals surface area (Å²) in [6, 6.07) is 8.07. The van der Waals surface area contributed by atoms with E-state index in [1.165, 1.54) is 16.8 Å². The van der Waals surface area contributed by atoms with Crippen LogP contribution in [0.2, 0.25) is 0 Å². The van der Waals surface area contributed by atoms with Gasteiger partial charge in [-0.25, -0.2) is 4.68 Å². The topological polar surface area (TPSA) is 61.2 Å². The number of hydrogen-bond acceptors (Lipinski definition) is 4. The quantitative estimate of drug-likeness (QED) is 0.795. The van der Waals surface area contributed by atoms with Crippen LogP contribution in [0.25, 0.3) is 0 Å². The first-order valence-corrected chi connectivity index (χ1v) is 6.81. The van der Waals surface area contributed by atoms with Gasteiger partial charge in [0, 0.05) is 13.1 Å². The molecule has 6 heteroatoms. The minimum absolute atomic E-state index is 0.131. The molecule has 0 amide bonds. The Morgan fingerprint density at radius 2 is 1.78 bits per heavy atom. The van der Waals surface area contributed by atoms with Crippen molar-refractivity contribution in [2.45, 2.75) is 18.7 Å². The molecule has 0 N–H and O–H groups in total. The van der Waals surface area contributed by atoms with E-state index in [-0.39, 0.29) is 10.8 Å². The summed E-state index contributed by atoms with van der Waals surface area (Å²) in [5.74, 6) is 0.202. The van der Waals surface area contributed by atoms with Crippen molar-refractivity contribution in [3.63, 3.8) is 0 Å². The highest BCUT2D eigenvalue weighted by Gasteiger charge is 2.18. The van der Waals surface area contributed by atoms with Crippen LogP contribution in [0.4, 0.5) is 0 Å². The average molecular weight is 266 g/mol. The molecule has 0 saturated heterocycles. The normalized spacial score (nSPS) is 11.5. The van der Waals surface area contributed by atoms with E-state index < -0.39 is 10.1 Å². The molecule has 0 atom stereocenters. The lowest BCUT2D eigenvalue weighted by Crippen LogP contribution is -2.12. The van der Waals surface area contributed by atoms with Crippen molar-refractivity contribution < 1.29 is 12.6 Å². The first-order chi connectivity index (χ1) is 8.38. The minimum atomic E-state index is -3.80. The van der Waals surface area contributed by atoms with Crippen molar-refractivity contribution in [2.75, 3.05) is 0 Å². The van der Waals surface area contributed by atoms with Gasteiger partial charge in [0.05, 0.1) is 5.69 Å².